The predicted octanol–water partition coefficient (Wildman–Crippen LogP) is 0.698. The van der Waals surface area contributed by atoms with Gasteiger partial charge in [-0.15, -0.1) is 0 Å². The molecular weight excluding hydrogens is 507 g/mol. The van der Waals surface area contributed by atoms with Gasteiger partial charge in [0.05, 0.1) is 12.2 Å². The molecular formula is C27H33FN6O5. The molecule has 2 aromatic rings. The maximum Gasteiger partial charge on any atom is 0.272 e. The predicted molar refractivity (Wildman–Crippen MR) is 139 cm³/mol. The van der Waals surface area contributed by atoms with E-state index in [-0.39, 0.29) is 42.7 Å². The lowest BCUT2D eigenvalue weighted by Gasteiger charge is -2.25. The van der Waals surface area contributed by atoms with E-state index < -0.39 is 41.7 Å². The van der Waals surface area contributed by atoms with Crippen molar-refractivity contribution in [3.05, 3.63) is 59.9 Å². The molecule has 39 heavy (non-hydrogen) atoms. The Labute approximate surface area is 225 Å². The molecule has 1 aromatic heterocycles. The Morgan fingerprint density at radius 3 is 2.38 bits per heavy atom. The SMILES string of the molecule is CC(C)C[C@H](NC(=O)C(Cc1ccc(F)cc1)NC(=O)c1cnccn1)C(=O)N[C@H](C=O)C[C@@H]1CCNC1=O. The van der Waals surface area contributed by atoms with Gasteiger partial charge in [-0.1, -0.05) is 26.0 Å². The number of rotatable bonds is 13. The first kappa shape index (κ1) is 29.3. The molecule has 1 aromatic carbocycles. The van der Waals surface area contributed by atoms with Crippen molar-refractivity contribution in [3.63, 3.8) is 0 Å². The molecule has 1 aliphatic rings. The zero-order valence-electron chi connectivity index (χ0n) is 21.9. The van der Waals surface area contributed by atoms with E-state index in [0.29, 0.717) is 24.8 Å². The Morgan fingerprint density at radius 2 is 1.79 bits per heavy atom. The van der Waals surface area contributed by atoms with Crippen molar-refractivity contribution >= 4 is 29.9 Å². The third-order valence-electron chi connectivity index (χ3n) is 6.30. The second-order valence-electron chi connectivity index (χ2n) is 9.90. The Bertz CT molecular complexity index is 1160. The molecule has 0 aliphatic carbocycles. The van der Waals surface area contributed by atoms with E-state index in [4.69, 9.17) is 0 Å². The van der Waals surface area contributed by atoms with Crippen LogP contribution in [0, 0.1) is 17.7 Å². The highest BCUT2D eigenvalue weighted by molar-refractivity contribution is 5.97. The maximum absolute atomic E-state index is 13.4. The average molecular weight is 541 g/mol. The van der Waals surface area contributed by atoms with Crippen LogP contribution in [-0.2, 0) is 25.6 Å². The summed E-state index contributed by atoms with van der Waals surface area (Å²) in [4.78, 5) is 70.7. The summed E-state index contributed by atoms with van der Waals surface area (Å²) in [6.07, 6.45) is 5.58. The van der Waals surface area contributed by atoms with Gasteiger partial charge < -0.3 is 26.1 Å². The molecule has 0 spiro atoms. The summed E-state index contributed by atoms with van der Waals surface area (Å²) >= 11 is 0. The van der Waals surface area contributed by atoms with Gasteiger partial charge in [0, 0.05) is 31.3 Å². The summed E-state index contributed by atoms with van der Waals surface area (Å²) in [7, 11) is 0. The topological polar surface area (TPSA) is 159 Å². The first-order chi connectivity index (χ1) is 18.7. The Balaban J connectivity index is 1.75. The molecule has 1 unspecified atom stereocenters. The summed E-state index contributed by atoms with van der Waals surface area (Å²) in [5.41, 5.74) is 0.576. The van der Waals surface area contributed by atoms with Crippen LogP contribution >= 0.6 is 0 Å². The van der Waals surface area contributed by atoms with E-state index in [0.717, 1.165) is 0 Å². The number of carbonyl (C=O) groups excluding carboxylic acids is 5. The van der Waals surface area contributed by atoms with Crippen molar-refractivity contribution < 1.29 is 28.4 Å². The first-order valence-corrected chi connectivity index (χ1v) is 12.8. The molecule has 208 valence electrons. The van der Waals surface area contributed by atoms with E-state index in [1.165, 1.54) is 42.9 Å². The van der Waals surface area contributed by atoms with E-state index in [2.05, 4.69) is 31.2 Å². The normalized spacial score (nSPS) is 17.0. The van der Waals surface area contributed by atoms with E-state index in [1.807, 2.05) is 13.8 Å². The lowest BCUT2D eigenvalue weighted by molar-refractivity contribution is -0.131. The molecule has 1 aliphatic heterocycles. The number of nitrogens with one attached hydrogen (secondary N) is 4. The van der Waals surface area contributed by atoms with Crippen LogP contribution in [0.5, 0.6) is 0 Å². The average Bonchev–Trinajstić information content (AvgIpc) is 3.32. The second-order valence-corrected chi connectivity index (χ2v) is 9.90. The molecule has 2 heterocycles. The lowest BCUT2D eigenvalue weighted by atomic mass is 9.97. The third kappa shape index (κ3) is 8.94. The number of halogens is 1. The maximum atomic E-state index is 13.4. The number of benzene rings is 1. The van der Waals surface area contributed by atoms with Crippen molar-refractivity contribution in [1.29, 1.82) is 0 Å². The van der Waals surface area contributed by atoms with Gasteiger partial charge in [-0.25, -0.2) is 9.37 Å². The highest BCUT2D eigenvalue weighted by Gasteiger charge is 2.31. The molecule has 11 nitrogen and oxygen atoms in total. The van der Waals surface area contributed by atoms with Crippen LogP contribution in [0.4, 0.5) is 4.39 Å². The molecule has 12 heteroatoms. The van der Waals surface area contributed by atoms with Crippen LogP contribution in [0.25, 0.3) is 0 Å². The lowest BCUT2D eigenvalue weighted by Crippen LogP contribution is -2.56. The van der Waals surface area contributed by atoms with Gasteiger partial charge in [0.25, 0.3) is 5.91 Å². The fraction of sp³-hybridized carbons (Fsp3) is 0.444. The van der Waals surface area contributed by atoms with Crippen LogP contribution in [0.15, 0.2) is 42.9 Å². The third-order valence-corrected chi connectivity index (χ3v) is 6.30. The van der Waals surface area contributed by atoms with E-state index in [1.54, 1.807) is 0 Å². The number of amides is 4. The van der Waals surface area contributed by atoms with Gasteiger partial charge in [-0.2, -0.15) is 0 Å². The summed E-state index contributed by atoms with van der Waals surface area (Å²) in [5.74, 6) is -2.85. The number of nitrogens with zero attached hydrogens (tertiary/aromatic N) is 2. The van der Waals surface area contributed by atoms with Crippen molar-refractivity contribution in [2.45, 2.75) is 57.7 Å². The minimum atomic E-state index is -1.13. The first-order valence-electron chi connectivity index (χ1n) is 12.8. The van der Waals surface area contributed by atoms with Crippen LogP contribution in [-0.4, -0.2) is 64.6 Å². The van der Waals surface area contributed by atoms with Crippen molar-refractivity contribution in [2.75, 3.05) is 6.54 Å². The quantitative estimate of drug-likeness (QED) is 0.272. The largest absolute Gasteiger partial charge is 0.356 e. The molecule has 3 rings (SSSR count). The molecule has 1 fully saturated rings. The fourth-order valence-corrected chi connectivity index (χ4v) is 4.30. The smallest absolute Gasteiger partial charge is 0.272 e. The molecule has 4 amide bonds. The van der Waals surface area contributed by atoms with Crippen LogP contribution in [0.3, 0.4) is 0 Å². The van der Waals surface area contributed by atoms with Crippen LogP contribution in [0.1, 0.15) is 49.2 Å². The Kier molecular flexibility index (Phi) is 10.6. The number of hydrogen-bond donors (Lipinski definition) is 4. The van der Waals surface area contributed by atoms with E-state index in [9.17, 15) is 28.4 Å². The highest BCUT2D eigenvalue weighted by atomic mass is 19.1. The van der Waals surface area contributed by atoms with E-state index >= 15 is 0 Å². The van der Waals surface area contributed by atoms with Crippen LogP contribution in [0.2, 0.25) is 0 Å². The molecule has 4 atom stereocenters. The number of aromatic nitrogens is 2. The molecule has 4 N–H and O–H groups in total. The summed E-state index contributed by atoms with van der Waals surface area (Å²) in [6.45, 7) is 4.27. The standard InChI is InChI=1S/C27H33FN6O5/c1-16(2)11-21(25(37)32-20(15-35)13-18-7-8-31-24(18)36)33-26(38)22(12-17-3-5-19(28)6-4-17)34-27(39)23-14-29-9-10-30-23/h3-6,9-10,14-16,18,20-22H,7-8,11-13H2,1-2H3,(H,31,36)(H,32,37)(H,33,38)(H,34,39)/t18-,20-,21-,22?/m0/s1. The van der Waals surface area contributed by atoms with Crippen molar-refractivity contribution in [1.82, 2.24) is 31.2 Å². The van der Waals surface area contributed by atoms with Crippen molar-refractivity contribution in [2.24, 2.45) is 11.8 Å². The zero-order chi connectivity index (χ0) is 28.4. The minimum absolute atomic E-state index is 0.000994. The summed E-state index contributed by atoms with van der Waals surface area (Å²) in [6, 6.07) is 2.44. The Morgan fingerprint density at radius 1 is 1.08 bits per heavy atom. The summed E-state index contributed by atoms with van der Waals surface area (Å²) in [5, 5.41) is 10.7. The zero-order valence-corrected chi connectivity index (χ0v) is 21.9. The highest BCUT2D eigenvalue weighted by Crippen LogP contribution is 2.16. The molecule has 0 bridgehead atoms. The van der Waals surface area contributed by atoms with Crippen molar-refractivity contribution in [3.8, 4) is 0 Å². The Hall–Kier alpha value is -4.22. The molecule has 0 radical (unpaired) electrons. The fourth-order valence-electron chi connectivity index (χ4n) is 4.30. The number of carbonyl (C=O) groups is 5. The second kappa shape index (κ2) is 14.1. The number of aldehydes is 1. The monoisotopic (exact) mass is 540 g/mol. The molecule has 0 saturated carbocycles. The van der Waals surface area contributed by atoms with Gasteiger partial charge in [0.1, 0.15) is 29.9 Å². The van der Waals surface area contributed by atoms with Gasteiger partial charge in [0.15, 0.2) is 0 Å². The number of hydrogen-bond acceptors (Lipinski definition) is 7. The van der Waals surface area contributed by atoms with Crippen LogP contribution < -0.4 is 21.3 Å². The van der Waals surface area contributed by atoms with Gasteiger partial charge in [-0.05, 0) is 42.9 Å². The minimum Gasteiger partial charge on any atom is -0.356 e. The van der Waals surface area contributed by atoms with Gasteiger partial charge in [0.2, 0.25) is 17.7 Å². The van der Waals surface area contributed by atoms with Gasteiger partial charge >= 0.3 is 0 Å². The summed E-state index contributed by atoms with van der Waals surface area (Å²) < 4.78 is 13.4. The molecule has 1 saturated heterocycles. The van der Waals surface area contributed by atoms with Gasteiger partial charge in [-0.3, -0.25) is 24.2 Å².